The lowest BCUT2D eigenvalue weighted by Crippen LogP contribution is -2.42. The summed E-state index contributed by atoms with van der Waals surface area (Å²) in [6.45, 7) is 3.18. The van der Waals surface area contributed by atoms with E-state index in [1.54, 1.807) is 13.2 Å². The molecule has 0 radical (unpaired) electrons. The van der Waals surface area contributed by atoms with E-state index in [0.717, 1.165) is 24.4 Å². The Labute approximate surface area is 183 Å². The third-order valence-electron chi connectivity index (χ3n) is 4.19. The van der Waals surface area contributed by atoms with Crippen molar-refractivity contribution in [2.24, 2.45) is 4.99 Å². The molecule has 2 N–H and O–H groups in total. The van der Waals surface area contributed by atoms with Gasteiger partial charge in [0.25, 0.3) is 0 Å². The van der Waals surface area contributed by atoms with E-state index in [1.165, 1.54) is 0 Å². The van der Waals surface area contributed by atoms with Crippen LogP contribution in [0.1, 0.15) is 25.3 Å². The predicted octanol–water partition coefficient (Wildman–Crippen LogP) is 4.27. The molecule has 3 rings (SSSR count). The Balaban J connectivity index is 0.00000280. The van der Waals surface area contributed by atoms with Crippen molar-refractivity contribution in [1.82, 2.24) is 15.6 Å². The summed E-state index contributed by atoms with van der Waals surface area (Å²) >= 11 is 0. The minimum absolute atomic E-state index is 0. The zero-order valence-corrected chi connectivity index (χ0v) is 18.6. The number of rotatable bonds is 7. The van der Waals surface area contributed by atoms with Gasteiger partial charge in [-0.25, -0.2) is 4.98 Å². The number of aromatic nitrogens is 1. The molecule has 1 aliphatic rings. The first kappa shape index (κ1) is 22.0. The van der Waals surface area contributed by atoms with E-state index >= 15 is 0 Å². The molecule has 0 fully saturated rings. The highest BCUT2D eigenvalue weighted by Gasteiger charge is 2.11. The van der Waals surface area contributed by atoms with Crippen molar-refractivity contribution in [3.05, 3.63) is 60.3 Å². The maximum atomic E-state index is 5.85. The molecule has 0 unspecified atom stereocenters. The lowest BCUT2D eigenvalue weighted by molar-refractivity contribution is 0.319. The van der Waals surface area contributed by atoms with E-state index < -0.39 is 0 Å². The molecule has 1 aromatic carbocycles. The van der Waals surface area contributed by atoms with Crippen LogP contribution in [0.3, 0.4) is 0 Å². The molecule has 7 heteroatoms. The van der Waals surface area contributed by atoms with Crippen LogP contribution in [0.5, 0.6) is 17.4 Å². The van der Waals surface area contributed by atoms with Gasteiger partial charge >= 0.3 is 0 Å². The van der Waals surface area contributed by atoms with Crippen LogP contribution in [0.25, 0.3) is 0 Å². The van der Waals surface area contributed by atoms with E-state index in [9.17, 15) is 0 Å². The SMILES string of the molecule is CCOc1ccccc1Oc1ccc(CNC(=NC)NC2CC=CC2)cn1.I. The number of hydrogen-bond acceptors (Lipinski definition) is 4. The first-order valence-corrected chi connectivity index (χ1v) is 9.25. The molecule has 0 saturated heterocycles. The van der Waals surface area contributed by atoms with E-state index in [2.05, 4.69) is 32.8 Å². The Morgan fingerprint density at radius 3 is 2.54 bits per heavy atom. The largest absolute Gasteiger partial charge is 0.490 e. The first-order chi connectivity index (χ1) is 13.3. The summed E-state index contributed by atoms with van der Waals surface area (Å²) in [4.78, 5) is 8.67. The van der Waals surface area contributed by atoms with Gasteiger partial charge in [-0.15, -0.1) is 24.0 Å². The van der Waals surface area contributed by atoms with Crippen molar-refractivity contribution in [2.75, 3.05) is 13.7 Å². The van der Waals surface area contributed by atoms with Crippen molar-refractivity contribution >= 4 is 29.9 Å². The van der Waals surface area contributed by atoms with Gasteiger partial charge in [0.05, 0.1) is 6.61 Å². The van der Waals surface area contributed by atoms with E-state index in [0.29, 0.717) is 36.6 Å². The maximum Gasteiger partial charge on any atom is 0.219 e. The maximum absolute atomic E-state index is 5.85. The highest BCUT2D eigenvalue weighted by atomic mass is 127. The van der Waals surface area contributed by atoms with Crippen LogP contribution in [-0.2, 0) is 6.54 Å². The molecule has 1 aliphatic carbocycles. The van der Waals surface area contributed by atoms with Crippen molar-refractivity contribution < 1.29 is 9.47 Å². The van der Waals surface area contributed by atoms with Crippen LogP contribution < -0.4 is 20.1 Å². The van der Waals surface area contributed by atoms with Gasteiger partial charge in [0.15, 0.2) is 17.5 Å². The van der Waals surface area contributed by atoms with E-state index in [1.807, 2.05) is 43.3 Å². The quantitative estimate of drug-likeness (QED) is 0.261. The van der Waals surface area contributed by atoms with Gasteiger partial charge in [0.1, 0.15) is 0 Å². The second kappa shape index (κ2) is 11.5. The van der Waals surface area contributed by atoms with Crippen LogP contribution in [0.15, 0.2) is 59.7 Å². The second-order valence-electron chi connectivity index (χ2n) is 6.20. The molecule has 0 saturated carbocycles. The third kappa shape index (κ3) is 6.40. The van der Waals surface area contributed by atoms with Gasteiger partial charge in [-0.3, -0.25) is 4.99 Å². The van der Waals surface area contributed by atoms with E-state index in [-0.39, 0.29) is 24.0 Å². The Hall–Kier alpha value is -2.29. The fourth-order valence-corrected chi connectivity index (χ4v) is 2.81. The number of para-hydroxylation sites is 2. The smallest absolute Gasteiger partial charge is 0.219 e. The van der Waals surface area contributed by atoms with E-state index in [4.69, 9.17) is 9.47 Å². The summed E-state index contributed by atoms with van der Waals surface area (Å²) in [6, 6.07) is 11.9. The normalized spacial score (nSPS) is 13.7. The average molecular weight is 494 g/mol. The van der Waals surface area contributed by atoms with Crippen LogP contribution in [0, 0.1) is 0 Å². The number of nitrogens with one attached hydrogen (secondary N) is 2. The molecule has 2 aromatic rings. The zero-order chi connectivity index (χ0) is 18.9. The number of aliphatic imine (C=N–C) groups is 1. The van der Waals surface area contributed by atoms with Gasteiger partial charge < -0.3 is 20.1 Å². The lowest BCUT2D eigenvalue weighted by Gasteiger charge is -2.17. The van der Waals surface area contributed by atoms with Crippen molar-refractivity contribution in [2.45, 2.75) is 32.4 Å². The van der Waals surface area contributed by atoms with Gasteiger partial charge in [-0.05, 0) is 37.5 Å². The first-order valence-electron chi connectivity index (χ1n) is 9.25. The molecule has 0 amide bonds. The molecule has 28 heavy (non-hydrogen) atoms. The molecular formula is C21H27IN4O2. The Morgan fingerprint density at radius 2 is 1.89 bits per heavy atom. The van der Waals surface area contributed by atoms with Crippen LogP contribution in [-0.4, -0.2) is 30.6 Å². The molecule has 150 valence electrons. The molecule has 1 aromatic heterocycles. The fraction of sp³-hybridized carbons (Fsp3) is 0.333. The number of pyridine rings is 1. The standard InChI is InChI=1S/C21H26N4O2.HI/c1-3-26-18-10-6-7-11-19(18)27-20-13-12-16(14-23-20)15-24-21(22-2)25-17-8-4-5-9-17;/h4-7,10-14,17H,3,8-9,15H2,1-2H3,(H2,22,24,25);1H. The number of guanidine groups is 1. The molecule has 1 heterocycles. The molecule has 0 spiro atoms. The van der Waals surface area contributed by atoms with Crippen molar-refractivity contribution in [3.63, 3.8) is 0 Å². The highest BCUT2D eigenvalue weighted by molar-refractivity contribution is 14.0. The molecule has 6 nitrogen and oxygen atoms in total. The summed E-state index contributed by atoms with van der Waals surface area (Å²) < 4.78 is 11.4. The number of ether oxygens (including phenoxy) is 2. The topological polar surface area (TPSA) is 67.8 Å². The molecular weight excluding hydrogens is 467 g/mol. The van der Waals surface area contributed by atoms with Crippen LogP contribution >= 0.6 is 24.0 Å². The minimum atomic E-state index is 0. The minimum Gasteiger partial charge on any atom is -0.490 e. The summed E-state index contributed by atoms with van der Waals surface area (Å²) in [5.74, 6) is 2.71. The summed E-state index contributed by atoms with van der Waals surface area (Å²) in [7, 11) is 1.78. The highest BCUT2D eigenvalue weighted by Crippen LogP contribution is 2.30. The van der Waals surface area contributed by atoms with Gasteiger partial charge in [0.2, 0.25) is 5.88 Å². The molecule has 0 bridgehead atoms. The Morgan fingerprint density at radius 1 is 1.14 bits per heavy atom. The van der Waals surface area contributed by atoms with Crippen molar-refractivity contribution in [1.29, 1.82) is 0 Å². The molecule has 0 atom stereocenters. The number of nitrogens with zero attached hydrogens (tertiary/aromatic N) is 2. The number of benzene rings is 1. The van der Waals surface area contributed by atoms with Gasteiger partial charge in [0, 0.05) is 31.9 Å². The van der Waals surface area contributed by atoms with Crippen LogP contribution in [0.2, 0.25) is 0 Å². The van der Waals surface area contributed by atoms with Gasteiger partial charge in [-0.1, -0.05) is 30.4 Å². The Kier molecular flexibility index (Phi) is 9.06. The average Bonchev–Trinajstić information content (AvgIpc) is 3.21. The number of halogens is 1. The lowest BCUT2D eigenvalue weighted by atomic mass is 10.2. The summed E-state index contributed by atoms with van der Waals surface area (Å²) in [6.07, 6.45) is 8.26. The zero-order valence-electron chi connectivity index (χ0n) is 16.2. The summed E-state index contributed by atoms with van der Waals surface area (Å²) in [5.41, 5.74) is 1.05. The van der Waals surface area contributed by atoms with Crippen molar-refractivity contribution in [3.8, 4) is 17.4 Å². The monoisotopic (exact) mass is 494 g/mol. The number of hydrogen-bond donors (Lipinski definition) is 2. The molecule has 0 aliphatic heterocycles. The second-order valence-corrected chi connectivity index (χ2v) is 6.20. The fourth-order valence-electron chi connectivity index (χ4n) is 2.81. The van der Waals surface area contributed by atoms with Crippen LogP contribution in [0.4, 0.5) is 0 Å². The predicted molar refractivity (Wildman–Crippen MR) is 123 cm³/mol. The third-order valence-corrected chi connectivity index (χ3v) is 4.19. The summed E-state index contributed by atoms with van der Waals surface area (Å²) in [5, 5.41) is 6.73. The van der Waals surface area contributed by atoms with Gasteiger partial charge in [-0.2, -0.15) is 0 Å². The Bertz CT molecular complexity index is 785.